The number of esters is 1. The van der Waals surface area contributed by atoms with Crippen molar-refractivity contribution < 1.29 is 19.4 Å². The maximum Gasteiger partial charge on any atom is 0.303 e. The van der Waals surface area contributed by atoms with E-state index in [1.54, 1.807) is 6.92 Å². The number of ether oxygens (including phenoxy) is 1. The van der Waals surface area contributed by atoms with Gasteiger partial charge in [-0.1, -0.05) is 13.5 Å². The highest BCUT2D eigenvalue weighted by atomic mass is 16.5. The monoisotopic (exact) mass is 228 g/mol. The zero-order valence-electron chi connectivity index (χ0n) is 10.2. The molecule has 0 aromatic rings. The van der Waals surface area contributed by atoms with Gasteiger partial charge in [0.15, 0.2) is 0 Å². The molecule has 0 radical (unpaired) electrons. The predicted molar refractivity (Wildman–Crippen MR) is 61.0 cm³/mol. The van der Waals surface area contributed by atoms with Gasteiger partial charge in [0.1, 0.15) is 6.10 Å². The third-order valence-corrected chi connectivity index (χ3v) is 2.30. The van der Waals surface area contributed by atoms with Crippen molar-refractivity contribution in [2.45, 2.75) is 46.1 Å². The van der Waals surface area contributed by atoms with Crippen LogP contribution in [0.2, 0.25) is 0 Å². The first-order valence-electron chi connectivity index (χ1n) is 5.37. The molecule has 4 heteroatoms. The van der Waals surface area contributed by atoms with Crippen LogP contribution in [0.15, 0.2) is 12.2 Å². The van der Waals surface area contributed by atoms with E-state index in [0.717, 1.165) is 5.57 Å². The fourth-order valence-corrected chi connectivity index (χ4v) is 1.44. The summed E-state index contributed by atoms with van der Waals surface area (Å²) < 4.78 is 5.08. The fraction of sp³-hybridized carbons (Fsp3) is 0.667. The highest BCUT2D eigenvalue weighted by Crippen LogP contribution is 2.17. The highest BCUT2D eigenvalue weighted by molar-refractivity contribution is 5.67. The molecule has 0 bridgehead atoms. The molecule has 2 unspecified atom stereocenters. The molecule has 0 saturated heterocycles. The summed E-state index contributed by atoms with van der Waals surface area (Å²) in [4.78, 5) is 21.3. The molecular weight excluding hydrogens is 208 g/mol. The number of carbonyl (C=O) groups is 2. The standard InChI is InChI=1S/C12H20O4/c1-8(2)11(16-10(4)13)6-5-9(3)7-12(14)15/h9,11H,1,5-7H2,2-4H3,(H,14,15). The van der Waals surface area contributed by atoms with Crippen LogP contribution in [0.3, 0.4) is 0 Å². The molecule has 1 N–H and O–H groups in total. The number of hydrogen-bond donors (Lipinski definition) is 1. The largest absolute Gasteiger partial charge is 0.481 e. The lowest BCUT2D eigenvalue weighted by Gasteiger charge is -2.18. The molecule has 2 atom stereocenters. The van der Waals surface area contributed by atoms with Crippen LogP contribution < -0.4 is 0 Å². The van der Waals surface area contributed by atoms with Crippen molar-refractivity contribution in [2.24, 2.45) is 5.92 Å². The Morgan fingerprint density at radius 3 is 2.25 bits per heavy atom. The Kier molecular flexibility index (Phi) is 6.46. The molecular formula is C12H20O4. The molecule has 0 fully saturated rings. The molecule has 0 aromatic heterocycles. The SMILES string of the molecule is C=C(C)C(CCC(C)CC(=O)O)OC(C)=O. The van der Waals surface area contributed by atoms with Crippen molar-refractivity contribution in [1.82, 2.24) is 0 Å². The summed E-state index contributed by atoms with van der Waals surface area (Å²) in [5, 5.41) is 8.60. The van der Waals surface area contributed by atoms with E-state index < -0.39 is 5.97 Å². The summed E-state index contributed by atoms with van der Waals surface area (Å²) in [5.41, 5.74) is 0.790. The molecule has 92 valence electrons. The van der Waals surface area contributed by atoms with E-state index in [4.69, 9.17) is 9.84 Å². The minimum atomic E-state index is -0.799. The Labute approximate surface area is 96.3 Å². The first kappa shape index (κ1) is 14.7. The lowest BCUT2D eigenvalue weighted by Crippen LogP contribution is -2.18. The zero-order chi connectivity index (χ0) is 12.7. The molecule has 0 aromatic carbocycles. The van der Waals surface area contributed by atoms with Crippen molar-refractivity contribution in [3.05, 3.63) is 12.2 Å². The first-order valence-corrected chi connectivity index (χ1v) is 5.37. The van der Waals surface area contributed by atoms with Crippen molar-refractivity contribution in [2.75, 3.05) is 0 Å². The van der Waals surface area contributed by atoms with Gasteiger partial charge < -0.3 is 9.84 Å². The first-order chi connectivity index (χ1) is 7.32. The molecule has 0 aliphatic carbocycles. The smallest absolute Gasteiger partial charge is 0.303 e. The van der Waals surface area contributed by atoms with Gasteiger partial charge in [0, 0.05) is 13.3 Å². The zero-order valence-corrected chi connectivity index (χ0v) is 10.2. The van der Waals surface area contributed by atoms with Crippen molar-refractivity contribution >= 4 is 11.9 Å². The molecule has 0 spiro atoms. The highest BCUT2D eigenvalue weighted by Gasteiger charge is 2.15. The second kappa shape index (κ2) is 7.04. The number of hydrogen-bond acceptors (Lipinski definition) is 3. The second-order valence-corrected chi connectivity index (χ2v) is 4.22. The summed E-state index contributed by atoms with van der Waals surface area (Å²) in [7, 11) is 0. The Balaban J connectivity index is 4.06. The molecule has 0 saturated carbocycles. The average molecular weight is 228 g/mol. The topological polar surface area (TPSA) is 63.6 Å². The number of rotatable bonds is 7. The normalized spacial score (nSPS) is 13.9. The molecule has 0 heterocycles. The number of carboxylic acid groups (broad SMARTS) is 1. The Morgan fingerprint density at radius 2 is 1.88 bits per heavy atom. The van der Waals surface area contributed by atoms with E-state index in [-0.39, 0.29) is 24.4 Å². The molecule has 0 aliphatic heterocycles. The minimum absolute atomic E-state index is 0.0786. The predicted octanol–water partition coefficient (Wildman–Crippen LogP) is 2.39. The van der Waals surface area contributed by atoms with Gasteiger partial charge in [-0.3, -0.25) is 9.59 Å². The molecule has 4 nitrogen and oxygen atoms in total. The Hall–Kier alpha value is -1.32. The van der Waals surface area contributed by atoms with E-state index in [1.165, 1.54) is 6.92 Å². The minimum Gasteiger partial charge on any atom is -0.481 e. The van der Waals surface area contributed by atoms with E-state index >= 15 is 0 Å². The third kappa shape index (κ3) is 7.04. The van der Waals surface area contributed by atoms with Gasteiger partial charge in [-0.05, 0) is 31.3 Å². The van der Waals surface area contributed by atoms with Gasteiger partial charge in [-0.2, -0.15) is 0 Å². The van der Waals surface area contributed by atoms with Crippen LogP contribution in [0.25, 0.3) is 0 Å². The van der Waals surface area contributed by atoms with Crippen LogP contribution in [-0.2, 0) is 14.3 Å². The lowest BCUT2D eigenvalue weighted by molar-refractivity contribution is -0.145. The van der Waals surface area contributed by atoms with Crippen molar-refractivity contribution in [3.8, 4) is 0 Å². The van der Waals surface area contributed by atoms with Crippen LogP contribution in [0.4, 0.5) is 0 Å². The summed E-state index contributed by atoms with van der Waals surface area (Å²) in [6, 6.07) is 0. The fourth-order valence-electron chi connectivity index (χ4n) is 1.44. The third-order valence-electron chi connectivity index (χ3n) is 2.30. The van der Waals surface area contributed by atoms with Gasteiger partial charge in [0.2, 0.25) is 0 Å². The summed E-state index contributed by atoms with van der Waals surface area (Å²) in [6.45, 7) is 8.79. The van der Waals surface area contributed by atoms with Gasteiger partial charge in [-0.15, -0.1) is 0 Å². The summed E-state index contributed by atoms with van der Waals surface area (Å²) in [6.07, 6.45) is 1.18. The molecule has 0 rings (SSSR count). The lowest BCUT2D eigenvalue weighted by atomic mass is 9.97. The van der Waals surface area contributed by atoms with Crippen molar-refractivity contribution in [1.29, 1.82) is 0 Å². The molecule has 16 heavy (non-hydrogen) atoms. The van der Waals surface area contributed by atoms with Gasteiger partial charge >= 0.3 is 11.9 Å². The van der Waals surface area contributed by atoms with Crippen LogP contribution in [-0.4, -0.2) is 23.1 Å². The van der Waals surface area contributed by atoms with E-state index in [9.17, 15) is 9.59 Å². The maximum atomic E-state index is 10.8. The van der Waals surface area contributed by atoms with E-state index in [1.807, 2.05) is 6.92 Å². The second-order valence-electron chi connectivity index (χ2n) is 4.22. The van der Waals surface area contributed by atoms with Crippen LogP contribution in [0.1, 0.15) is 40.0 Å². The Morgan fingerprint density at radius 1 is 1.31 bits per heavy atom. The average Bonchev–Trinajstić information content (AvgIpc) is 2.09. The maximum absolute atomic E-state index is 10.8. The number of aliphatic carboxylic acids is 1. The van der Waals surface area contributed by atoms with Gasteiger partial charge in [-0.25, -0.2) is 0 Å². The van der Waals surface area contributed by atoms with E-state index in [0.29, 0.717) is 12.8 Å². The van der Waals surface area contributed by atoms with Crippen molar-refractivity contribution in [3.63, 3.8) is 0 Å². The van der Waals surface area contributed by atoms with E-state index in [2.05, 4.69) is 6.58 Å². The molecule has 0 aliphatic rings. The van der Waals surface area contributed by atoms with Crippen LogP contribution in [0.5, 0.6) is 0 Å². The Bertz CT molecular complexity index is 270. The van der Waals surface area contributed by atoms with Gasteiger partial charge in [0.05, 0.1) is 0 Å². The number of carbonyl (C=O) groups excluding carboxylic acids is 1. The van der Waals surface area contributed by atoms with Crippen LogP contribution in [0, 0.1) is 5.92 Å². The summed E-state index contributed by atoms with van der Waals surface area (Å²) in [5.74, 6) is -1.05. The van der Waals surface area contributed by atoms with Gasteiger partial charge in [0.25, 0.3) is 0 Å². The quantitative estimate of drug-likeness (QED) is 0.536. The van der Waals surface area contributed by atoms with Crippen LogP contribution >= 0.6 is 0 Å². The summed E-state index contributed by atoms with van der Waals surface area (Å²) >= 11 is 0. The molecule has 0 amide bonds. The number of carboxylic acids is 1.